The lowest BCUT2D eigenvalue weighted by molar-refractivity contribution is -0.145. The van der Waals surface area contributed by atoms with Gasteiger partial charge in [-0.15, -0.1) is 0 Å². The standard InChI is InChI=1S/C10H16O3/c1-7-2-3-8(13-7)6-10(4-5-10)9(11)12/h7-8H,2-6H2,1H3,(H,11,12). The average Bonchev–Trinajstić information content (AvgIpc) is 2.72. The molecule has 0 bridgehead atoms. The van der Waals surface area contributed by atoms with E-state index in [1.807, 2.05) is 0 Å². The number of carboxylic acids is 1. The summed E-state index contributed by atoms with van der Waals surface area (Å²) in [6.07, 6.45) is 5.07. The molecule has 2 aliphatic rings. The topological polar surface area (TPSA) is 46.5 Å². The molecule has 0 aromatic rings. The van der Waals surface area contributed by atoms with E-state index in [1.165, 1.54) is 0 Å². The van der Waals surface area contributed by atoms with E-state index in [1.54, 1.807) is 0 Å². The lowest BCUT2D eigenvalue weighted by atomic mass is 9.97. The Morgan fingerprint density at radius 1 is 1.54 bits per heavy atom. The molecule has 13 heavy (non-hydrogen) atoms. The van der Waals surface area contributed by atoms with Gasteiger partial charge in [-0.05, 0) is 39.0 Å². The maximum Gasteiger partial charge on any atom is 0.309 e. The van der Waals surface area contributed by atoms with Crippen molar-refractivity contribution in [3.05, 3.63) is 0 Å². The van der Waals surface area contributed by atoms with Gasteiger partial charge in [0.1, 0.15) is 0 Å². The van der Waals surface area contributed by atoms with Crippen molar-refractivity contribution in [3.63, 3.8) is 0 Å². The lowest BCUT2D eigenvalue weighted by Crippen LogP contribution is -2.22. The molecule has 2 atom stereocenters. The van der Waals surface area contributed by atoms with Crippen LogP contribution in [0.25, 0.3) is 0 Å². The van der Waals surface area contributed by atoms with Crippen LogP contribution in [0, 0.1) is 5.41 Å². The Morgan fingerprint density at radius 3 is 2.62 bits per heavy atom. The molecule has 3 heteroatoms. The van der Waals surface area contributed by atoms with Crippen LogP contribution in [0.15, 0.2) is 0 Å². The second-order valence-electron chi connectivity index (χ2n) is 4.44. The third-order valence-corrected chi connectivity index (χ3v) is 3.25. The molecule has 3 nitrogen and oxygen atoms in total. The summed E-state index contributed by atoms with van der Waals surface area (Å²) >= 11 is 0. The van der Waals surface area contributed by atoms with Crippen LogP contribution >= 0.6 is 0 Å². The molecule has 2 fully saturated rings. The van der Waals surface area contributed by atoms with Gasteiger partial charge in [-0.1, -0.05) is 0 Å². The van der Waals surface area contributed by atoms with Gasteiger partial charge < -0.3 is 9.84 Å². The molecule has 2 rings (SSSR count). The first kappa shape index (κ1) is 9.00. The van der Waals surface area contributed by atoms with Gasteiger partial charge in [0.05, 0.1) is 17.6 Å². The van der Waals surface area contributed by atoms with Crippen molar-refractivity contribution in [1.82, 2.24) is 0 Å². The first-order chi connectivity index (χ1) is 6.12. The van der Waals surface area contributed by atoms with Crippen molar-refractivity contribution in [2.75, 3.05) is 0 Å². The molecule has 0 aromatic carbocycles. The number of rotatable bonds is 3. The van der Waals surface area contributed by atoms with Gasteiger partial charge in [-0.2, -0.15) is 0 Å². The molecule has 0 radical (unpaired) electrons. The number of carboxylic acid groups (broad SMARTS) is 1. The monoisotopic (exact) mass is 184 g/mol. The lowest BCUT2D eigenvalue weighted by Gasteiger charge is -2.15. The summed E-state index contributed by atoms with van der Waals surface area (Å²) in [5.41, 5.74) is -0.408. The molecule has 0 amide bonds. The fourth-order valence-electron chi connectivity index (χ4n) is 2.13. The van der Waals surface area contributed by atoms with Crippen LogP contribution in [-0.2, 0) is 9.53 Å². The summed E-state index contributed by atoms with van der Waals surface area (Å²) in [6.45, 7) is 2.06. The van der Waals surface area contributed by atoms with Crippen molar-refractivity contribution < 1.29 is 14.6 Å². The normalized spacial score (nSPS) is 36.1. The fraction of sp³-hybridized carbons (Fsp3) is 0.900. The van der Waals surface area contributed by atoms with E-state index in [4.69, 9.17) is 9.84 Å². The maximum absolute atomic E-state index is 10.9. The largest absolute Gasteiger partial charge is 0.481 e. The van der Waals surface area contributed by atoms with Gasteiger partial charge in [-0.3, -0.25) is 4.79 Å². The summed E-state index contributed by atoms with van der Waals surface area (Å²) in [5, 5.41) is 8.97. The Bertz CT molecular complexity index is 220. The van der Waals surface area contributed by atoms with E-state index >= 15 is 0 Å². The quantitative estimate of drug-likeness (QED) is 0.727. The highest BCUT2D eigenvalue weighted by Crippen LogP contribution is 2.51. The van der Waals surface area contributed by atoms with Crippen LogP contribution in [0.3, 0.4) is 0 Å². The van der Waals surface area contributed by atoms with E-state index in [9.17, 15) is 4.79 Å². The van der Waals surface area contributed by atoms with Crippen LogP contribution in [0.5, 0.6) is 0 Å². The Labute approximate surface area is 78.1 Å². The van der Waals surface area contributed by atoms with E-state index in [-0.39, 0.29) is 6.10 Å². The first-order valence-corrected chi connectivity index (χ1v) is 5.01. The second kappa shape index (κ2) is 2.98. The van der Waals surface area contributed by atoms with Crippen molar-refractivity contribution in [2.24, 2.45) is 5.41 Å². The summed E-state index contributed by atoms with van der Waals surface area (Å²) in [4.78, 5) is 10.9. The zero-order valence-corrected chi connectivity index (χ0v) is 7.95. The van der Waals surface area contributed by atoms with E-state index < -0.39 is 11.4 Å². The molecule has 0 spiro atoms. The van der Waals surface area contributed by atoms with Crippen LogP contribution < -0.4 is 0 Å². The molecule has 0 aromatic heterocycles. The van der Waals surface area contributed by atoms with Crippen molar-refractivity contribution in [1.29, 1.82) is 0 Å². The Hall–Kier alpha value is -0.570. The number of hydrogen-bond acceptors (Lipinski definition) is 2. The van der Waals surface area contributed by atoms with Gasteiger partial charge in [0.2, 0.25) is 0 Å². The van der Waals surface area contributed by atoms with Gasteiger partial charge in [0, 0.05) is 0 Å². The molecule has 1 aliphatic heterocycles. The molecule has 1 saturated carbocycles. The van der Waals surface area contributed by atoms with E-state index in [0.717, 1.165) is 32.1 Å². The SMILES string of the molecule is CC1CCC(CC2(C(=O)O)CC2)O1. The zero-order valence-electron chi connectivity index (χ0n) is 7.95. The van der Waals surface area contributed by atoms with Crippen molar-refractivity contribution >= 4 is 5.97 Å². The van der Waals surface area contributed by atoms with Crippen LogP contribution in [0.1, 0.15) is 39.0 Å². The molecule has 74 valence electrons. The first-order valence-electron chi connectivity index (χ1n) is 5.01. The van der Waals surface area contributed by atoms with Gasteiger partial charge in [0.25, 0.3) is 0 Å². The highest BCUT2D eigenvalue weighted by Gasteiger charge is 2.52. The Balaban J connectivity index is 1.88. The Morgan fingerprint density at radius 2 is 2.23 bits per heavy atom. The number of carbonyl (C=O) groups is 1. The predicted molar refractivity (Wildman–Crippen MR) is 47.5 cm³/mol. The Kier molecular flexibility index (Phi) is 2.06. The predicted octanol–water partition coefficient (Wildman–Crippen LogP) is 1.81. The van der Waals surface area contributed by atoms with Crippen LogP contribution in [0.2, 0.25) is 0 Å². The van der Waals surface area contributed by atoms with Crippen molar-refractivity contribution in [3.8, 4) is 0 Å². The molecular weight excluding hydrogens is 168 g/mol. The van der Waals surface area contributed by atoms with Gasteiger partial charge in [0.15, 0.2) is 0 Å². The summed E-state index contributed by atoms with van der Waals surface area (Å²) < 4.78 is 5.62. The number of ether oxygens (including phenoxy) is 1. The molecule has 2 unspecified atom stereocenters. The average molecular weight is 184 g/mol. The molecule has 1 heterocycles. The van der Waals surface area contributed by atoms with Crippen LogP contribution in [0.4, 0.5) is 0 Å². The maximum atomic E-state index is 10.9. The fourth-order valence-corrected chi connectivity index (χ4v) is 2.13. The summed E-state index contributed by atoms with van der Waals surface area (Å²) in [5.74, 6) is -0.629. The van der Waals surface area contributed by atoms with Crippen molar-refractivity contribution in [2.45, 2.75) is 51.2 Å². The third kappa shape index (κ3) is 1.70. The highest BCUT2D eigenvalue weighted by atomic mass is 16.5. The number of aliphatic carboxylic acids is 1. The smallest absolute Gasteiger partial charge is 0.309 e. The molecule has 1 aliphatic carbocycles. The molecular formula is C10H16O3. The van der Waals surface area contributed by atoms with E-state index in [2.05, 4.69) is 6.92 Å². The van der Waals surface area contributed by atoms with Crippen LogP contribution in [-0.4, -0.2) is 23.3 Å². The van der Waals surface area contributed by atoms with Gasteiger partial charge >= 0.3 is 5.97 Å². The highest BCUT2D eigenvalue weighted by molar-refractivity contribution is 5.77. The number of hydrogen-bond donors (Lipinski definition) is 1. The minimum Gasteiger partial charge on any atom is -0.481 e. The second-order valence-corrected chi connectivity index (χ2v) is 4.44. The molecule has 1 saturated heterocycles. The third-order valence-electron chi connectivity index (χ3n) is 3.25. The minimum absolute atomic E-state index is 0.202. The molecule has 1 N–H and O–H groups in total. The van der Waals surface area contributed by atoms with E-state index in [0.29, 0.717) is 6.10 Å². The van der Waals surface area contributed by atoms with Gasteiger partial charge in [-0.25, -0.2) is 0 Å². The summed E-state index contributed by atoms with van der Waals surface area (Å²) in [6, 6.07) is 0. The minimum atomic E-state index is -0.629. The zero-order chi connectivity index (χ0) is 9.47. The summed E-state index contributed by atoms with van der Waals surface area (Å²) in [7, 11) is 0.